The zero-order valence-electron chi connectivity index (χ0n) is 23.5. The number of carboxylic acids is 1. The van der Waals surface area contributed by atoms with Crippen LogP contribution in [0.3, 0.4) is 0 Å². The van der Waals surface area contributed by atoms with E-state index < -0.39 is 11.9 Å². The van der Waals surface area contributed by atoms with E-state index in [1.807, 2.05) is 12.1 Å². The van der Waals surface area contributed by atoms with Gasteiger partial charge in [0.25, 0.3) is 5.91 Å². The fourth-order valence-corrected chi connectivity index (χ4v) is 6.10. The average Bonchev–Trinajstić information content (AvgIpc) is 3.66. The summed E-state index contributed by atoms with van der Waals surface area (Å²) in [6.07, 6.45) is 4.71. The van der Waals surface area contributed by atoms with Crippen LogP contribution in [-0.4, -0.2) is 57.5 Å². The van der Waals surface area contributed by atoms with Gasteiger partial charge in [-0.3, -0.25) is 19.4 Å². The Hall–Kier alpha value is -4.10. The van der Waals surface area contributed by atoms with E-state index in [4.69, 9.17) is 33.0 Å². The van der Waals surface area contributed by atoms with Crippen LogP contribution in [0.5, 0.6) is 5.88 Å². The van der Waals surface area contributed by atoms with Crippen LogP contribution in [-0.2, 0) is 22.6 Å². The number of methoxy groups -OCH3 is 1. The highest BCUT2D eigenvalue weighted by Gasteiger charge is 2.21. The molecular weight excluding hydrogens is 627 g/mol. The summed E-state index contributed by atoms with van der Waals surface area (Å²) >= 11 is 14.7. The smallest absolute Gasteiger partial charge is 0.303 e. The SMILES string of the molecule is COc1nc(-c2ccnc(-c3cccc(NC(=O)c4ncc(CCC(=O)O)s4)c3Cl)c2Cl)ccc1CNC[C@H]1CCC(=O)N1. The Kier molecular flexibility index (Phi) is 10.1. The number of halogens is 2. The molecule has 1 aliphatic rings. The quantitative estimate of drug-likeness (QED) is 0.161. The first-order valence-corrected chi connectivity index (χ1v) is 15.3. The van der Waals surface area contributed by atoms with Crippen molar-refractivity contribution in [1.82, 2.24) is 25.6 Å². The number of aromatic nitrogens is 3. The third-order valence-corrected chi connectivity index (χ3v) is 8.77. The number of pyridine rings is 2. The number of carboxylic acid groups (broad SMARTS) is 1. The van der Waals surface area contributed by atoms with Gasteiger partial charge in [0.15, 0.2) is 5.01 Å². The molecule has 0 spiro atoms. The minimum atomic E-state index is -0.920. The number of hydrogen-bond donors (Lipinski definition) is 4. The monoisotopic (exact) mass is 654 g/mol. The van der Waals surface area contributed by atoms with E-state index in [2.05, 4.69) is 30.9 Å². The summed E-state index contributed by atoms with van der Waals surface area (Å²) in [5.41, 5.74) is 3.29. The van der Waals surface area contributed by atoms with Gasteiger partial charge in [-0.25, -0.2) is 9.97 Å². The van der Waals surface area contributed by atoms with Crippen molar-refractivity contribution in [3.8, 4) is 28.4 Å². The zero-order chi connectivity index (χ0) is 31.2. The standard InChI is InChI=1S/C30H28Cl2N6O5S/c1-43-29-16(13-33-14-17-6-9-23(39)36-17)5-8-21(38-29)19-11-12-34-27(26(19)32)20-3-2-4-22(25(20)31)37-28(42)30-35-15-18(44-30)7-10-24(40)41/h2-5,8,11-12,15,17,33H,6-7,9-10,13-14H2,1H3,(H,36,39)(H,37,42)(H,40,41)/t17-/m1/s1. The lowest BCUT2D eigenvalue weighted by molar-refractivity contribution is -0.137. The summed E-state index contributed by atoms with van der Waals surface area (Å²) < 4.78 is 5.56. The Morgan fingerprint density at radius 1 is 1.14 bits per heavy atom. The maximum atomic E-state index is 12.9. The summed E-state index contributed by atoms with van der Waals surface area (Å²) in [6.45, 7) is 1.16. The first kappa shape index (κ1) is 31.3. The number of nitrogens with zero attached hydrogens (tertiary/aromatic N) is 3. The van der Waals surface area contributed by atoms with E-state index in [-0.39, 0.29) is 28.4 Å². The summed E-state index contributed by atoms with van der Waals surface area (Å²) in [7, 11) is 1.55. The minimum Gasteiger partial charge on any atom is -0.481 e. The molecule has 3 aromatic heterocycles. The molecule has 14 heteroatoms. The highest BCUT2D eigenvalue weighted by molar-refractivity contribution is 7.13. The Morgan fingerprint density at radius 2 is 1.98 bits per heavy atom. The van der Waals surface area contributed by atoms with Gasteiger partial charge in [-0.15, -0.1) is 11.3 Å². The molecule has 2 amide bonds. The van der Waals surface area contributed by atoms with Crippen LogP contribution in [0.4, 0.5) is 5.69 Å². The molecule has 228 valence electrons. The van der Waals surface area contributed by atoms with Crippen LogP contribution in [0.15, 0.2) is 48.8 Å². The summed E-state index contributed by atoms with van der Waals surface area (Å²) in [4.78, 5) is 49.1. The van der Waals surface area contributed by atoms with E-state index in [1.165, 1.54) is 6.20 Å². The number of thiazole rings is 1. The molecule has 0 radical (unpaired) electrons. The molecule has 0 saturated carbocycles. The molecule has 1 saturated heterocycles. The van der Waals surface area contributed by atoms with Gasteiger partial charge >= 0.3 is 5.97 Å². The molecule has 1 fully saturated rings. The highest BCUT2D eigenvalue weighted by Crippen LogP contribution is 2.40. The molecule has 1 aliphatic heterocycles. The number of hydrogen-bond acceptors (Lipinski definition) is 9. The lowest BCUT2D eigenvalue weighted by Gasteiger charge is -2.15. The predicted octanol–water partition coefficient (Wildman–Crippen LogP) is 5.22. The van der Waals surface area contributed by atoms with Crippen molar-refractivity contribution in [3.05, 3.63) is 74.3 Å². The Bertz CT molecular complexity index is 1720. The van der Waals surface area contributed by atoms with Gasteiger partial charge in [-0.05, 0) is 31.0 Å². The number of aliphatic carboxylic acids is 1. The van der Waals surface area contributed by atoms with Gasteiger partial charge < -0.3 is 25.8 Å². The molecule has 4 heterocycles. The van der Waals surface area contributed by atoms with Crippen molar-refractivity contribution in [2.75, 3.05) is 19.0 Å². The zero-order valence-corrected chi connectivity index (χ0v) is 25.9. The average molecular weight is 656 g/mol. The van der Waals surface area contributed by atoms with Crippen molar-refractivity contribution >= 4 is 58.0 Å². The number of ether oxygens (including phenoxy) is 1. The molecule has 5 rings (SSSR count). The van der Waals surface area contributed by atoms with Crippen LogP contribution in [0.25, 0.3) is 22.5 Å². The second-order valence-corrected chi connectivity index (χ2v) is 11.8. The number of nitrogens with one attached hydrogen (secondary N) is 3. The molecule has 11 nitrogen and oxygen atoms in total. The lowest BCUT2D eigenvalue weighted by atomic mass is 10.1. The molecule has 0 aliphatic carbocycles. The van der Waals surface area contributed by atoms with Gasteiger partial charge in [-0.1, -0.05) is 41.4 Å². The van der Waals surface area contributed by atoms with Crippen LogP contribution in [0, 0.1) is 0 Å². The van der Waals surface area contributed by atoms with Crippen molar-refractivity contribution < 1.29 is 24.2 Å². The van der Waals surface area contributed by atoms with Crippen LogP contribution < -0.4 is 20.7 Å². The fourth-order valence-electron chi connectivity index (χ4n) is 4.72. The van der Waals surface area contributed by atoms with Crippen molar-refractivity contribution in [3.63, 3.8) is 0 Å². The minimum absolute atomic E-state index is 0.0457. The maximum Gasteiger partial charge on any atom is 0.303 e. The van der Waals surface area contributed by atoms with Crippen molar-refractivity contribution in [2.24, 2.45) is 0 Å². The number of carbonyl (C=O) groups excluding carboxylic acids is 2. The van der Waals surface area contributed by atoms with Crippen LogP contribution >= 0.6 is 34.5 Å². The fraction of sp³-hybridized carbons (Fsp3) is 0.267. The number of aryl methyl sites for hydroxylation is 1. The number of carbonyl (C=O) groups is 3. The largest absolute Gasteiger partial charge is 0.481 e. The Labute approximate surface area is 267 Å². The molecule has 4 aromatic rings. The van der Waals surface area contributed by atoms with E-state index in [0.29, 0.717) is 69.9 Å². The van der Waals surface area contributed by atoms with Crippen molar-refractivity contribution in [2.45, 2.75) is 38.3 Å². The van der Waals surface area contributed by atoms with Gasteiger partial charge in [0.2, 0.25) is 11.8 Å². The van der Waals surface area contributed by atoms with Gasteiger partial charge in [0.1, 0.15) is 0 Å². The normalized spacial score (nSPS) is 14.3. The van der Waals surface area contributed by atoms with E-state index in [1.54, 1.807) is 37.6 Å². The number of benzene rings is 1. The Morgan fingerprint density at radius 3 is 2.73 bits per heavy atom. The van der Waals surface area contributed by atoms with Gasteiger partial charge in [0.05, 0.1) is 40.7 Å². The van der Waals surface area contributed by atoms with E-state index in [0.717, 1.165) is 23.3 Å². The lowest BCUT2D eigenvalue weighted by Crippen LogP contribution is -2.35. The molecular formula is C30H28Cl2N6O5S. The van der Waals surface area contributed by atoms with Crippen LogP contribution in [0.1, 0.15) is 39.5 Å². The molecule has 1 aromatic carbocycles. The molecule has 0 bridgehead atoms. The third kappa shape index (κ3) is 7.33. The molecule has 1 atom stereocenters. The van der Waals surface area contributed by atoms with Crippen LogP contribution in [0.2, 0.25) is 10.0 Å². The van der Waals surface area contributed by atoms with Gasteiger partial charge in [-0.2, -0.15) is 0 Å². The maximum absolute atomic E-state index is 12.9. The molecule has 0 unspecified atom stereocenters. The van der Waals surface area contributed by atoms with E-state index in [9.17, 15) is 14.4 Å². The molecule has 4 N–H and O–H groups in total. The Balaban J connectivity index is 1.33. The summed E-state index contributed by atoms with van der Waals surface area (Å²) in [6, 6.07) is 10.7. The topological polar surface area (TPSA) is 155 Å². The van der Waals surface area contributed by atoms with Gasteiger partial charge in [0, 0.05) is 59.5 Å². The highest BCUT2D eigenvalue weighted by atomic mass is 35.5. The molecule has 44 heavy (non-hydrogen) atoms. The number of rotatable bonds is 12. The number of amides is 2. The number of anilines is 1. The second kappa shape index (κ2) is 14.1. The summed E-state index contributed by atoms with van der Waals surface area (Å²) in [5, 5.41) is 18.7. The third-order valence-electron chi connectivity index (χ3n) is 6.92. The predicted molar refractivity (Wildman–Crippen MR) is 168 cm³/mol. The first-order chi connectivity index (χ1) is 21.2. The van der Waals surface area contributed by atoms with Crippen molar-refractivity contribution in [1.29, 1.82) is 0 Å². The second-order valence-electron chi connectivity index (χ2n) is 9.97. The summed E-state index contributed by atoms with van der Waals surface area (Å²) in [5.74, 6) is -0.873. The van der Waals surface area contributed by atoms with E-state index >= 15 is 0 Å². The first-order valence-electron chi connectivity index (χ1n) is 13.7.